The van der Waals surface area contributed by atoms with Crippen LogP contribution >= 0.6 is 0 Å². The maximum atomic E-state index is 11.8. The average Bonchev–Trinajstić information content (AvgIpc) is 2.90. The van der Waals surface area contributed by atoms with Crippen molar-refractivity contribution in [3.8, 4) is 0 Å². The van der Waals surface area contributed by atoms with Gasteiger partial charge in [0.1, 0.15) is 11.9 Å². The number of hydrogen-bond donors (Lipinski definition) is 1. The van der Waals surface area contributed by atoms with E-state index in [1.807, 2.05) is 6.20 Å². The van der Waals surface area contributed by atoms with Crippen molar-refractivity contribution in [3.05, 3.63) is 18.2 Å². The van der Waals surface area contributed by atoms with Gasteiger partial charge in [0, 0.05) is 37.9 Å². The maximum Gasteiger partial charge on any atom is 0.251 e. The smallest absolute Gasteiger partial charge is 0.251 e. The number of aliphatic hydroxyl groups is 1. The summed E-state index contributed by atoms with van der Waals surface area (Å²) in [5.74, 6) is 2.31. The van der Waals surface area contributed by atoms with Crippen LogP contribution in [0.5, 0.6) is 0 Å². The molecule has 0 bridgehead atoms. The number of piperidine rings is 1. The summed E-state index contributed by atoms with van der Waals surface area (Å²) < 4.78 is 2.32. The van der Waals surface area contributed by atoms with Crippen LogP contribution in [0.1, 0.15) is 50.8 Å². The molecule has 1 aliphatic carbocycles. The fraction of sp³-hybridized carbons (Fsp3) is 0.750. The molecule has 1 aromatic rings. The van der Waals surface area contributed by atoms with Crippen LogP contribution in [0.15, 0.2) is 12.4 Å². The molecule has 0 spiro atoms. The van der Waals surface area contributed by atoms with E-state index in [0.29, 0.717) is 5.92 Å². The molecule has 0 aromatic carbocycles. The molecule has 1 aliphatic heterocycles. The third-order valence-corrected chi connectivity index (χ3v) is 4.96. The third kappa shape index (κ3) is 3.12. The molecule has 1 atom stereocenters. The van der Waals surface area contributed by atoms with E-state index in [1.165, 1.54) is 25.1 Å². The molecule has 1 amide bonds. The van der Waals surface area contributed by atoms with Gasteiger partial charge in [0.25, 0.3) is 5.91 Å². The van der Waals surface area contributed by atoms with E-state index in [1.54, 1.807) is 11.8 Å². The standard InChI is InChI=1S/C16H25N3O2/c1-12(20)16(21)18-8-5-14(6-9-18)15-17-7-10-19(15)11-13-3-2-4-13/h7,10,12-14,20H,2-6,8-9,11H2,1H3/t12-/m0/s1. The summed E-state index contributed by atoms with van der Waals surface area (Å²) in [6.07, 6.45) is 9.07. The molecule has 116 valence electrons. The second-order valence-electron chi connectivity index (χ2n) is 6.51. The van der Waals surface area contributed by atoms with E-state index in [9.17, 15) is 9.90 Å². The zero-order chi connectivity index (χ0) is 14.8. The number of aromatic nitrogens is 2. The third-order valence-electron chi connectivity index (χ3n) is 4.96. The van der Waals surface area contributed by atoms with E-state index < -0.39 is 6.10 Å². The van der Waals surface area contributed by atoms with E-state index >= 15 is 0 Å². The van der Waals surface area contributed by atoms with Gasteiger partial charge in [-0.25, -0.2) is 4.98 Å². The molecule has 1 aromatic heterocycles. The Kier molecular flexibility index (Phi) is 4.29. The van der Waals surface area contributed by atoms with Gasteiger partial charge in [0.05, 0.1) is 0 Å². The first-order valence-electron chi connectivity index (χ1n) is 8.13. The summed E-state index contributed by atoms with van der Waals surface area (Å²) in [7, 11) is 0. The van der Waals surface area contributed by atoms with Crippen LogP contribution in [0.25, 0.3) is 0 Å². The van der Waals surface area contributed by atoms with Gasteiger partial charge in [-0.05, 0) is 38.5 Å². The average molecular weight is 291 g/mol. The largest absolute Gasteiger partial charge is 0.384 e. The Morgan fingerprint density at radius 2 is 2.10 bits per heavy atom. The molecule has 1 N–H and O–H groups in total. The Balaban J connectivity index is 1.59. The molecule has 0 radical (unpaired) electrons. The van der Waals surface area contributed by atoms with Gasteiger partial charge >= 0.3 is 0 Å². The first-order valence-corrected chi connectivity index (χ1v) is 8.13. The lowest BCUT2D eigenvalue weighted by Gasteiger charge is -2.33. The Morgan fingerprint density at radius 1 is 1.38 bits per heavy atom. The number of rotatable bonds is 4. The zero-order valence-corrected chi connectivity index (χ0v) is 12.7. The first-order chi connectivity index (χ1) is 10.1. The SMILES string of the molecule is C[C@H](O)C(=O)N1CCC(c2nccn2CC2CCC2)CC1. The topological polar surface area (TPSA) is 58.4 Å². The molecule has 2 fully saturated rings. The summed E-state index contributed by atoms with van der Waals surface area (Å²) in [5, 5.41) is 9.39. The van der Waals surface area contributed by atoms with Crippen LogP contribution in [-0.4, -0.2) is 44.7 Å². The maximum absolute atomic E-state index is 11.8. The van der Waals surface area contributed by atoms with Crippen molar-refractivity contribution in [3.63, 3.8) is 0 Å². The van der Waals surface area contributed by atoms with Crippen molar-refractivity contribution in [2.45, 2.75) is 57.6 Å². The quantitative estimate of drug-likeness (QED) is 0.920. The highest BCUT2D eigenvalue weighted by molar-refractivity contribution is 5.80. The van der Waals surface area contributed by atoms with Gasteiger partial charge in [-0.3, -0.25) is 4.79 Å². The Morgan fingerprint density at radius 3 is 2.67 bits per heavy atom. The Hall–Kier alpha value is -1.36. The minimum absolute atomic E-state index is 0.147. The van der Waals surface area contributed by atoms with Crippen molar-refractivity contribution >= 4 is 5.91 Å². The molecule has 2 aliphatic rings. The highest BCUT2D eigenvalue weighted by atomic mass is 16.3. The second-order valence-corrected chi connectivity index (χ2v) is 6.51. The van der Waals surface area contributed by atoms with Crippen LogP contribution in [0.4, 0.5) is 0 Å². The minimum Gasteiger partial charge on any atom is -0.384 e. The summed E-state index contributed by atoms with van der Waals surface area (Å²) >= 11 is 0. The number of imidazole rings is 1. The molecular weight excluding hydrogens is 266 g/mol. The summed E-state index contributed by atoms with van der Waals surface area (Å²) in [6.45, 7) is 4.09. The number of carbonyl (C=O) groups is 1. The minimum atomic E-state index is -0.887. The van der Waals surface area contributed by atoms with Crippen molar-refractivity contribution in [1.82, 2.24) is 14.5 Å². The van der Waals surface area contributed by atoms with E-state index in [0.717, 1.165) is 38.4 Å². The van der Waals surface area contributed by atoms with Gasteiger partial charge in [-0.15, -0.1) is 0 Å². The van der Waals surface area contributed by atoms with E-state index in [-0.39, 0.29) is 5.91 Å². The number of hydrogen-bond acceptors (Lipinski definition) is 3. The van der Waals surface area contributed by atoms with Crippen LogP contribution in [0.3, 0.4) is 0 Å². The molecule has 5 nitrogen and oxygen atoms in total. The predicted octanol–water partition coefficient (Wildman–Crippen LogP) is 1.77. The van der Waals surface area contributed by atoms with Gasteiger partial charge in [-0.2, -0.15) is 0 Å². The fourth-order valence-corrected chi connectivity index (χ4v) is 3.41. The van der Waals surface area contributed by atoms with Crippen LogP contribution in [0, 0.1) is 5.92 Å². The number of carbonyl (C=O) groups excluding carboxylic acids is 1. The normalized spacial score (nSPS) is 22.1. The lowest BCUT2D eigenvalue weighted by atomic mass is 9.85. The van der Waals surface area contributed by atoms with Gasteiger partial charge in [-0.1, -0.05) is 6.42 Å². The number of nitrogens with zero attached hydrogens (tertiary/aromatic N) is 3. The molecule has 1 saturated heterocycles. The van der Waals surface area contributed by atoms with Crippen molar-refractivity contribution in [2.75, 3.05) is 13.1 Å². The Labute approximate surface area is 126 Å². The molecule has 21 heavy (non-hydrogen) atoms. The van der Waals surface area contributed by atoms with Gasteiger partial charge in [0.2, 0.25) is 0 Å². The van der Waals surface area contributed by atoms with Crippen LogP contribution < -0.4 is 0 Å². The number of aliphatic hydroxyl groups excluding tert-OH is 1. The highest BCUT2D eigenvalue weighted by Gasteiger charge is 2.28. The summed E-state index contributed by atoms with van der Waals surface area (Å²) in [5.41, 5.74) is 0. The van der Waals surface area contributed by atoms with Crippen LogP contribution in [-0.2, 0) is 11.3 Å². The summed E-state index contributed by atoms with van der Waals surface area (Å²) in [4.78, 5) is 18.1. The van der Waals surface area contributed by atoms with Crippen LogP contribution in [0.2, 0.25) is 0 Å². The number of amides is 1. The van der Waals surface area contributed by atoms with E-state index in [4.69, 9.17) is 0 Å². The van der Waals surface area contributed by atoms with Crippen molar-refractivity contribution in [1.29, 1.82) is 0 Å². The van der Waals surface area contributed by atoms with E-state index in [2.05, 4.69) is 15.7 Å². The zero-order valence-electron chi connectivity index (χ0n) is 12.7. The second kappa shape index (κ2) is 6.18. The molecular formula is C16H25N3O2. The lowest BCUT2D eigenvalue weighted by Crippen LogP contribution is -2.42. The van der Waals surface area contributed by atoms with Crippen molar-refractivity contribution in [2.24, 2.45) is 5.92 Å². The molecule has 1 saturated carbocycles. The summed E-state index contributed by atoms with van der Waals surface area (Å²) in [6, 6.07) is 0. The van der Waals surface area contributed by atoms with Gasteiger partial charge < -0.3 is 14.6 Å². The van der Waals surface area contributed by atoms with Crippen molar-refractivity contribution < 1.29 is 9.90 Å². The monoisotopic (exact) mass is 291 g/mol. The molecule has 5 heteroatoms. The molecule has 2 heterocycles. The lowest BCUT2D eigenvalue weighted by molar-refractivity contribution is -0.140. The number of likely N-dealkylation sites (tertiary alicyclic amines) is 1. The highest BCUT2D eigenvalue weighted by Crippen LogP contribution is 2.31. The fourth-order valence-electron chi connectivity index (χ4n) is 3.41. The van der Waals surface area contributed by atoms with Gasteiger partial charge in [0.15, 0.2) is 0 Å². The first kappa shape index (κ1) is 14.6. The molecule has 3 rings (SSSR count). The molecule has 0 unspecified atom stereocenters. The Bertz CT molecular complexity index is 485. The predicted molar refractivity (Wildman–Crippen MR) is 79.8 cm³/mol.